The standard InChI is InChI=1S/C22H26FN5O4S2/c1-12-18-21(25-11-26-22(18)33-19(12)20(24)29)27-16-9-4-13(23)10-17(16)32-15-7-5-14(6-8-15)28(2)34(3,30)31/h4,9-11,14-15H,5-8H2,1-3H3,(H2,24,29)(H,25,26,27)/t14-,15-. The van der Waals surface area contributed by atoms with Crippen LogP contribution in [-0.2, 0) is 10.0 Å². The highest BCUT2D eigenvalue weighted by Gasteiger charge is 2.29. The Labute approximate surface area is 201 Å². The number of carbonyl (C=O) groups excluding carboxylic acids is 1. The van der Waals surface area contributed by atoms with Crippen LogP contribution in [0.15, 0.2) is 24.5 Å². The minimum absolute atomic E-state index is 0.0738. The number of rotatable bonds is 7. The van der Waals surface area contributed by atoms with Crippen molar-refractivity contribution in [1.29, 1.82) is 0 Å². The van der Waals surface area contributed by atoms with Gasteiger partial charge in [0, 0.05) is 19.2 Å². The molecule has 0 bridgehead atoms. The Morgan fingerprint density at radius 2 is 1.97 bits per heavy atom. The van der Waals surface area contributed by atoms with Crippen molar-refractivity contribution >= 4 is 49.0 Å². The molecule has 3 N–H and O–H groups in total. The van der Waals surface area contributed by atoms with Crippen LogP contribution >= 0.6 is 11.3 Å². The second kappa shape index (κ2) is 9.43. The molecule has 0 atom stereocenters. The number of halogens is 1. The number of nitrogens with two attached hydrogens (primary N) is 1. The number of nitrogens with one attached hydrogen (secondary N) is 1. The summed E-state index contributed by atoms with van der Waals surface area (Å²) in [5.74, 6) is -0.188. The summed E-state index contributed by atoms with van der Waals surface area (Å²) in [7, 11) is -1.67. The number of nitrogens with zero attached hydrogens (tertiary/aromatic N) is 3. The molecule has 0 unspecified atom stereocenters. The van der Waals surface area contributed by atoms with E-state index in [1.807, 2.05) is 0 Å². The van der Waals surface area contributed by atoms with Crippen molar-refractivity contribution in [1.82, 2.24) is 14.3 Å². The SMILES string of the molecule is Cc1c(C(N)=O)sc2ncnc(Nc3ccc(F)cc3O[C@H]3CC[C@H](N(C)S(C)(=O)=O)CC3)c12. The van der Waals surface area contributed by atoms with Crippen molar-refractivity contribution in [3.63, 3.8) is 0 Å². The number of primary amides is 1. The number of benzene rings is 1. The van der Waals surface area contributed by atoms with E-state index < -0.39 is 21.7 Å². The molecule has 0 radical (unpaired) electrons. The predicted molar refractivity (Wildman–Crippen MR) is 130 cm³/mol. The molecule has 1 aliphatic rings. The van der Waals surface area contributed by atoms with Gasteiger partial charge in [-0.2, -0.15) is 0 Å². The molecule has 12 heteroatoms. The van der Waals surface area contributed by atoms with E-state index in [9.17, 15) is 17.6 Å². The number of fused-ring (bicyclic) bond motifs is 1. The zero-order valence-corrected chi connectivity index (χ0v) is 20.7. The van der Waals surface area contributed by atoms with E-state index in [0.717, 1.165) is 0 Å². The van der Waals surface area contributed by atoms with Gasteiger partial charge in [-0.1, -0.05) is 0 Å². The van der Waals surface area contributed by atoms with Crippen LogP contribution in [0.2, 0.25) is 0 Å². The van der Waals surface area contributed by atoms with Crippen LogP contribution in [0.4, 0.5) is 15.9 Å². The number of sulfonamides is 1. The van der Waals surface area contributed by atoms with Crippen LogP contribution in [0.3, 0.4) is 0 Å². The fraction of sp³-hybridized carbons (Fsp3) is 0.409. The largest absolute Gasteiger partial charge is 0.488 e. The number of anilines is 2. The van der Waals surface area contributed by atoms with Crippen LogP contribution < -0.4 is 15.8 Å². The van der Waals surface area contributed by atoms with Gasteiger partial charge >= 0.3 is 0 Å². The number of amides is 1. The van der Waals surface area contributed by atoms with Crippen LogP contribution in [0, 0.1) is 12.7 Å². The monoisotopic (exact) mass is 507 g/mol. The normalized spacial score (nSPS) is 18.9. The molecule has 1 amide bonds. The summed E-state index contributed by atoms with van der Waals surface area (Å²) in [6.07, 6.45) is 5.00. The van der Waals surface area contributed by atoms with Crippen molar-refractivity contribution in [3.05, 3.63) is 40.8 Å². The summed E-state index contributed by atoms with van der Waals surface area (Å²) >= 11 is 1.19. The second-order valence-electron chi connectivity index (χ2n) is 8.42. The fourth-order valence-electron chi connectivity index (χ4n) is 4.20. The molecule has 1 saturated carbocycles. The summed E-state index contributed by atoms with van der Waals surface area (Å²) in [5, 5.41) is 3.86. The molecule has 34 heavy (non-hydrogen) atoms. The Bertz CT molecular complexity index is 1340. The summed E-state index contributed by atoms with van der Waals surface area (Å²) < 4.78 is 45.3. The minimum Gasteiger partial charge on any atom is -0.488 e. The van der Waals surface area contributed by atoms with Gasteiger partial charge < -0.3 is 15.8 Å². The highest BCUT2D eigenvalue weighted by Crippen LogP contribution is 2.37. The highest BCUT2D eigenvalue weighted by molar-refractivity contribution is 7.88. The van der Waals surface area contributed by atoms with E-state index >= 15 is 0 Å². The summed E-state index contributed by atoms with van der Waals surface area (Å²) in [4.78, 5) is 21.3. The van der Waals surface area contributed by atoms with E-state index in [1.165, 1.54) is 40.4 Å². The zero-order chi connectivity index (χ0) is 24.6. The molecular weight excluding hydrogens is 481 g/mol. The van der Waals surface area contributed by atoms with Gasteiger partial charge in [0.1, 0.15) is 28.5 Å². The van der Waals surface area contributed by atoms with E-state index in [4.69, 9.17) is 10.5 Å². The van der Waals surface area contributed by atoms with Crippen molar-refractivity contribution in [2.24, 2.45) is 5.73 Å². The molecule has 2 aromatic heterocycles. The number of aryl methyl sites for hydroxylation is 1. The number of thiophene rings is 1. The molecule has 0 spiro atoms. The first kappa shape index (κ1) is 24.3. The zero-order valence-electron chi connectivity index (χ0n) is 19.0. The van der Waals surface area contributed by atoms with Gasteiger partial charge in [0.25, 0.3) is 5.91 Å². The lowest BCUT2D eigenvalue weighted by molar-refractivity contribution is 0.100. The van der Waals surface area contributed by atoms with Crippen molar-refractivity contribution in [2.75, 3.05) is 18.6 Å². The summed E-state index contributed by atoms with van der Waals surface area (Å²) in [5.41, 5.74) is 6.67. The van der Waals surface area contributed by atoms with Crippen LogP contribution in [0.1, 0.15) is 40.9 Å². The third kappa shape index (κ3) is 4.98. The average Bonchev–Trinajstić information content (AvgIpc) is 3.13. The molecule has 1 fully saturated rings. The van der Waals surface area contributed by atoms with Gasteiger partial charge in [-0.05, 0) is 50.3 Å². The third-order valence-electron chi connectivity index (χ3n) is 6.12. The second-order valence-corrected chi connectivity index (χ2v) is 11.5. The third-order valence-corrected chi connectivity index (χ3v) is 8.68. The van der Waals surface area contributed by atoms with Gasteiger partial charge in [-0.25, -0.2) is 27.1 Å². The lowest BCUT2D eigenvalue weighted by Crippen LogP contribution is -2.40. The molecule has 0 aliphatic heterocycles. The van der Waals surface area contributed by atoms with Gasteiger partial charge in [-0.3, -0.25) is 4.79 Å². The number of hydrogen-bond acceptors (Lipinski definition) is 8. The Kier molecular flexibility index (Phi) is 6.74. The van der Waals surface area contributed by atoms with Crippen LogP contribution in [0.25, 0.3) is 10.2 Å². The van der Waals surface area contributed by atoms with Crippen molar-refractivity contribution < 1.29 is 22.3 Å². The van der Waals surface area contributed by atoms with Crippen LogP contribution in [-0.4, -0.2) is 54.0 Å². The molecule has 1 aliphatic carbocycles. The Morgan fingerprint density at radius 1 is 1.26 bits per heavy atom. The van der Waals surface area contributed by atoms with Crippen LogP contribution in [0.5, 0.6) is 5.75 Å². The molecule has 9 nitrogen and oxygen atoms in total. The van der Waals surface area contributed by atoms with E-state index in [1.54, 1.807) is 20.0 Å². The molecule has 2 heterocycles. The smallest absolute Gasteiger partial charge is 0.259 e. The van der Waals surface area contributed by atoms with E-state index in [2.05, 4.69) is 15.3 Å². The summed E-state index contributed by atoms with van der Waals surface area (Å²) in [6.45, 7) is 1.78. The lowest BCUT2D eigenvalue weighted by atomic mass is 9.93. The molecule has 3 aromatic rings. The quantitative estimate of drug-likeness (QED) is 0.500. The Hall–Kier alpha value is -2.83. The fourth-order valence-corrected chi connectivity index (χ4v) is 5.96. The van der Waals surface area contributed by atoms with E-state index in [0.29, 0.717) is 63.6 Å². The first-order chi connectivity index (χ1) is 16.0. The molecule has 182 valence electrons. The maximum absolute atomic E-state index is 14.1. The minimum atomic E-state index is -3.26. The average molecular weight is 508 g/mol. The number of ether oxygens (including phenoxy) is 1. The first-order valence-electron chi connectivity index (χ1n) is 10.7. The maximum atomic E-state index is 14.1. The molecule has 0 saturated heterocycles. The molecular formula is C22H26FN5O4S2. The number of carbonyl (C=O) groups is 1. The van der Waals surface area contributed by atoms with Crippen molar-refractivity contribution in [3.8, 4) is 5.75 Å². The first-order valence-corrected chi connectivity index (χ1v) is 13.4. The van der Waals surface area contributed by atoms with E-state index in [-0.39, 0.29) is 12.1 Å². The highest BCUT2D eigenvalue weighted by atomic mass is 32.2. The van der Waals surface area contributed by atoms with Gasteiger partial charge in [0.05, 0.1) is 28.3 Å². The maximum Gasteiger partial charge on any atom is 0.259 e. The molecule has 4 rings (SSSR count). The molecule has 1 aromatic carbocycles. The number of hydrogen-bond donors (Lipinski definition) is 2. The predicted octanol–water partition coefficient (Wildman–Crippen LogP) is 3.56. The van der Waals surface area contributed by atoms with Crippen molar-refractivity contribution in [2.45, 2.75) is 44.8 Å². The topological polar surface area (TPSA) is 128 Å². The Morgan fingerprint density at radius 3 is 2.62 bits per heavy atom. The lowest BCUT2D eigenvalue weighted by Gasteiger charge is -2.33. The van der Waals surface area contributed by atoms with Gasteiger partial charge in [0.15, 0.2) is 0 Å². The number of aromatic nitrogens is 2. The summed E-state index contributed by atoms with van der Waals surface area (Å²) in [6, 6.07) is 4.12. The van der Waals surface area contributed by atoms with Gasteiger partial charge in [0.2, 0.25) is 10.0 Å². The van der Waals surface area contributed by atoms with Gasteiger partial charge in [-0.15, -0.1) is 11.3 Å². The Balaban J connectivity index is 1.56.